The minimum absolute atomic E-state index is 0.126. The van der Waals surface area contributed by atoms with Gasteiger partial charge in [-0.2, -0.15) is 0 Å². The SMILES string of the molecule is COc1ccc(CCNc2ccc([N+](=O)[O-])c3nonc23)cc1OC. The highest BCUT2D eigenvalue weighted by molar-refractivity contribution is 5.93. The first-order chi connectivity index (χ1) is 12.1. The smallest absolute Gasteiger partial charge is 0.300 e. The Hall–Kier alpha value is -3.36. The van der Waals surface area contributed by atoms with Gasteiger partial charge in [-0.3, -0.25) is 10.1 Å². The first kappa shape index (κ1) is 16.5. The first-order valence-corrected chi connectivity index (χ1v) is 7.48. The van der Waals surface area contributed by atoms with Crippen LogP contribution in [0.5, 0.6) is 11.5 Å². The zero-order valence-corrected chi connectivity index (χ0v) is 13.7. The van der Waals surface area contributed by atoms with E-state index in [-0.39, 0.29) is 11.2 Å². The summed E-state index contributed by atoms with van der Waals surface area (Å²) in [5.41, 5.74) is 2.01. The Labute approximate surface area is 142 Å². The number of nitrogens with one attached hydrogen (secondary N) is 1. The van der Waals surface area contributed by atoms with Crippen molar-refractivity contribution < 1.29 is 19.0 Å². The second-order valence-electron chi connectivity index (χ2n) is 5.22. The fourth-order valence-corrected chi connectivity index (χ4v) is 2.52. The van der Waals surface area contributed by atoms with Gasteiger partial charge < -0.3 is 14.8 Å². The largest absolute Gasteiger partial charge is 0.493 e. The van der Waals surface area contributed by atoms with Crippen molar-refractivity contribution in [1.29, 1.82) is 0 Å². The molecule has 3 aromatic rings. The van der Waals surface area contributed by atoms with Crippen LogP contribution in [0.3, 0.4) is 0 Å². The zero-order valence-electron chi connectivity index (χ0n) is 13.7. The van der Waals surface area contributed by atoms with E-state index in [1.165, 1.54) is 6.07 Å². The van der Waals surface area contributed by atoms with Crippen LogP contribution in [0.4, 0.5) is 11.4 Å². The van der Waals surface area contributed by atoms with E-state index in [0.717, 1.165) is 5.56 Å². The number of aromatic nitrogens is 2. The number of fused-ring (bicyclic) bond motifs is 1. The van der Waals surface area contributed by atoms with Crippen LogP contribution in [0.2, 0.25) is 0 Å². The van der Waals surface area contributed by atoms with Crippen LogP contribution in [0, 0.1) is 10.1 Å². The Morgan fingerprint density at radius 3 is 2.60 bits per heavy atom. The number of hydrogen-bond acceptors (Lipinski definition) is 8. The van der Waals surface area contributed by atoms with Gasteiger partial charge in [0.05, 0.1) is 24.8 Å². The van der Waals surface area contributed by atoms with Gasteiger partial charge >= 0.3 is 5.69 Å². The summed E-state index contributed by atoms with van der Waals surface area (Å²) in [6.07, 6.45) is 0.712. The summed E-state index contributed by atoms with van der Waals surface area (Å²) in [5, 5.41) is 21.5. The molecule has 25 heavy (non-hydrogen) atoms. The van der Waals surface area contributed by atoms with Crippen LogP contribution in [0.15, 0.2) is 35.0 Å². The van der Waals surface area contributed by atoms with Crippen molar-refractivity contribution in [1.82, 2.24) is 10.3 Å². The van der Waals surface area contributed by atoms with E-state index in [1.54, 1.807) is 20.3 Å². The average Bonchev–Trinajstić information content (AvgIpc) is 3.11. The Morgan fingerprint density at radius 1 is 1.12 bits per heavy atom. The molecule has 0 aliphatic carbocycles. The standard InChI is InChI=1S/C16H16N4O5/c1-23-13-6-3-10(9-14(13)24-2)7-8-17-11-4-5-12(20(21)22)16-15(11)18-25-19-16/h3-6,9,17H,7-8H2,1-2H3. The predicted octanol–water partition coefficient (Wildman–Crippen LogP) is 2.80. The second-order valence-corrected chi connectivity index (χ2v) is 5.22. The lowest BCUT2D eigenvalue weighted by Gasteiger charge is -2.10. The molecule has 3 rings (SSSR count). The minimum atomic E-state index is -0.514. The van der Waals surface area contributed by atoms with Crippen molar-refractivity contribution in [2.24, 2.45) is 0 Å². The van der Waals surface area contributed by atoms with E-state index < -0.39 is 4.92 Å². The highest BCUT2D eigenvalue weighted by Gasteiger charge is 2.19. The molecule has 0 aliphatic heterocycles. The van der Waals surface area contributed by atoms with Crippen LogP contribution >= 0.6 is 0 Å². The van der Waals surface area contributed by atoms with Crippen molar-refractivity contribution in [3.05, 3.63) is 46.0 Å². The molecule has 1 N–H and O–H groups in total. The third-order valence-corrected chi connectivity index (χ3v) is 3.77. The van der Waals surface area contributed by atoms with Crippen LogP contribution in [0.1, 0.15) is 5.56 Å². The predicted molar refractivity (Wildman–Crippen MR) is 90.2 cm³/mol. The Bertz CT molecular complexity index is 909. The topological polar surface area (TPSA) is 113 Å². The highest BCUT2D eigenvalue weighted by Crippen LogP contribution is 2.29. The highest BCUT2D eigenvalue weighted by atomic mass is 16.6. The molecule has 0 fully saturated rings. The van der Waals surface area contributed by atoms with E-state index in [0.29, 0.717) is 35.7 Å². The zero-order chi connectivity index (χ0) is 17.8. The van der Waals surface area contributed by atoms with Crippen LogP contribution in [-0.2, 0) is 6.42 Å². The maximum atomic E-state index is 11.0. The van der Waals surface area contributed by atoms with Gasteiger partial charge in [0.1, 0.15) is 0 Å². The molecule has 0 amide bonds. The molecule has 0 bridgehead atoms. The quantitative estimate of drug-likeness (QED) is 0.514. The minimum Gasteiger partial charge on any atom is -0.493 e. The maximum absolute atomic E-state index is 11.0. The molecule has 2 aromatic carbocycles. The van der Waals surface area contributed by atoms with Crippen molar-refractivity contribution in [3.8, 4) is 11.5 Å². The van der Waals surface area contributed by atoms with Crippen molar-refractivity contribution in [2.75, 3.05) is 26.1 Å². The molecule has 0 saturated heterocycles. The fourth-order valence-electron chi connectivity index (χ4n) is 2.52. The second kappa shape index (κ2) is 7.04. The molecule has 9 heteroatoms. The normalized spacial score (nSPS) is 10.6. The Morgan fingerprint density at radius 2 is 1.88 bits per heavy atom. The van der Waals surface area contributed by atoms with Gasteiger partial charge in [0.15, 0.2) is 17.0 Å². The summed E-state index contributed by atoms with van der Waals surface area (Å²) in [6.45, 7) is 0.593. The number of rotatable bonds is 7. The van der Waals surface area contributed by atoms with E-state index >= 15 is 0 Å². The summed E-state index contributed by atoms with van der Waals surface area (Å²) >= 11 is 0. The molecule has 0 atom stereocenters. The number of nitrogens with zero attached hydrogens (tertiary/aromatic N) is 3. The molecular weight excluding hydrogens is 328 g/mol. The van der Waals surface area contributed by atoms with E-state index in [2.05, 4.69) is 20.3 Å². The lowest BCUT2D eigenvalue weighted by atomic mass is 10.1. The first-order valence-electron chi connectivity index (χ1n) is 7.48. The summed E-state index contributed by atoms with van der Waals surface area (Å²) in [5.74, 6) is 1.34. The van der Waals surface area contributed by atoms with Gasteiger partial charge in [-0.15, -0.1) is 0 Å². The number of benzene rings is 2. The fraction of sp³-hybridized carbons (Fsp3) is 0.250. The molecule has 0 radical (unpaired) electrons. The number of methoxy groups -OCH3 is 2. The summed E-state index contributed by atoms with van der Waals surface area (Å²) in [4.78, 5) is 10.5. The van der Waals surface area contributed by atoms with Gasteiger partial charge in [0.25, 0.3) is 0 Å². The van der Waals surface area contributed by atoms with Gasteiger partial charge in [0.2, 0.25) is 5.52 Å². The van der Waals surface area contributed by atoms with E-state index in [1.807, 2.05) is 18.2 Å². The molecule has 0 saturated carbocycles. The molecular formula is C16H16N4O5. The Balaban J connectivity index is 1.73. The number of nitro benzene ring substituents is 1. The van der Waals surface area contributed by atoms with Gasteiger partial charge in [-0.1, -0.05) is 6.07 Å². The van der Waals surface area contributed by atoms with Gasteiger partial charge in [0, 0.05) is 12.6 Å². The monoisotopic (exact) mass is 344 g/mol. The number of non-ortho nitro benzene ring substituents is 1. The molecule has 130 valence electrons. The maximum Gasteiger partial charge on any atom is 0.300 e. The third-order valence-electron chi connectivity index (χ3n) is 3.77. The van der Waals surface area contributed by atoms with Gasteiger partial charge in [-0.25, -0.2) is 4.63 Å². The summed E-state index contributed by atoms with van der Waals surface area (Å²) < 4.78 is 15.1. The molecule has 0 unspecified atom stereocenters. The third kappa shape index (κ3) is 3.30. The lowest BCUT2D eigenvalue weighted by Crippen LogP contribution is -2.06. The lowest BCUT2D eigenvalue weighted by molar-refractivity contribution is -0.383. The molecule has 1 heterocycles. The van der Waals surface area contributed by atoms with Gasteiger partial charge in [-0.05, 0) is 40.5 Å². The van der Waals surface area contributed by atoms with E-state index in [9.17, 15) is 10.1 Å². The van der Waals surface area contributed by atoms with Crippen molar-refractivity contribution in [2.45, 2.75) is 6.42 Å². The molecule has 1 aromatic heterocycles. The Kier molecular flexibility index (Phi) is 4.64. The van der Waals surface area contributed by atoms with E-state index in [4.69, 9.17) is 9.47 Å². The summed E-state index contributed by atoms with van der Waals surface area (Å²) in [6, 6.07) is 8.68. The average molecular weight is 344 g/mol. The number of ether oxygens (including phenoxy) is 2. The number of anilines is 1. The van der Waals surface area contributed by atoms with Crippen molar-refractivity contribution >= 4 is 22.4 Å². The summed E-state index contributed by atoms with van der Waals surface area (Å²) in [7, 11) is 3.18. The van der Waals surface area contributed by atoms with Crippen LogP contribution < -0.4 is 14.8 Å². The van der Waals surface area contributed by atoms with Crippen LogP contribution in [-0.4, -0.2) is 36.0 Å². The van der Waals surface area contributed by atoms with Crippen LogP contribution in [0.25, 0.3) is 11.0 Å². The molecule has 0 spiro atoms. The molecule has 0 aliphatic rings. The molecule has 9 nitrogen and oxygen atoms in total. The number of nitro groups is 1. The van der Waals surface area contributed by atoms with Crippen molar-refractivity contribution in [3.63, 3.8) is 0 Å². The number of hydrogen-bond donors (Lipinski definition) is 1.